The highest BCUT2D eigenvalue weighted by molar-refractivity contribution is 5.85. The van der Waals surface area contributed by atoms with Gasteiger partial charge in [-0.3, -0.25) is 14.5 Å². The molecule has 2 fully saturated rings. The second kappa shape index (κ2) is 6.91. The van der Waals surface area contributed by atoms with Crippen LogP contribution in [0.3, 0.4) is 0 Å². The van der Waals surface area contributed by atoms with E-state index in [2.05, 4.69) is 4.90 Å². The molecule has 1 aliphatic heterocycles. The highest BCUT2D eigenvalue weighted by Crippen LogP contribution is 2.26. The van der Waals surface area contributed by atoms with Crippen LogP contribution >= 0.6 is 0 Å². The summed E-state index contributed by atoms with van der Waals surface area (Å²) in [5.41, 5.74) is -0.269. The third-order valence-corrected chi connectivity index (χ3v) is 4.84. The van der Waals surface area contributed by atoms with Crippen LogP contribution in [0.4, 0.5) is 0 Å². The summed E-state index contributed by atoms with van der Waals surface area (Å²) in [5, 5.41) is 0. The van der Waals surface area contributed by atoms with E-state index in [1.165, 1.54) is 19.3 Å². The molecule has 1 aliphatic carbocycles. The molecular formula is C17H30N2O2. The molecule has 0 aromatic rings. The quantitative estimate of drug-likeness (QED) is 0.802. The zero-order valence-electron chi connectivity index (χ0n) is 13.9. The van der Waals surface area contributed by atoms with Crippen LogP contribution < -0.4 is 0 Å². The number of carbonyl (C=O) groups excluding carboxylic acids is 2. The van der Waals surface area contributed by atoms with E-state index >= 15 is 0 Å². The van der Waals surface area contributed by atoms with Gasteiger partial charge in [0, 0.05) is 37.5 Å². The third kappa shape index (κ3) is 4.53. The molecule has 0 aromatic heterocycles. The first kappa shape index (κ1) is 16.5. The van der Waals surface area contributed by atoms with Crippen LogP contribution in [-0.2, 0) is 9.59 Å². The van der Waals surface area contributed by atoms with Gasteiger partial charge in [0.2, 0.25) is 5.91 Å². The number of piperazine rings is 1. The van der Waals surface area contributed by atoms with Gasteiger partial charge in [0.05, 0.1) is 6.54 Å². The Labute approximate surface area is 128 Å². The number of rotatable bonds is 3. The normalized spacial score (nSPS) is 22.3. The molecule has 1 amide bonds. The van der Waals surface area contributed by atoms with E-state index in [0.29, 0.717) is 12.5 Å². The first-order valence-corrected chi connectivity index (χ1v) is 8.42. The molecule has 1 heterocycles. The molecule has 0 atom stereocenters. The molecule has 0 spiro atoms. The lowest BCUT2D eigenvalue weighted by atomic mass is 9.88. The Kier molecular flexibility index (Phi) is 5.42. The van der Waals surface area contributed by atoms with Gasteiger partial charge in [0.1, 0.15) is 0 Å². The molecule has 0 radical (unpaired) electrons. The van der Waals surface area contributed by atoms with Gasteiger partial charge in [-0.2, -0.15) is 0 Å². The van der Waals surface area contributed by atoms with Gasteiger partial charge >= 0.3 is 0 Å². The summed E-state index contributed by atoms with van der Waals surface area (Å²) in [7, 11) is 0. The van der Waals surface area contributed by atoms with Gasteiger partial charge in [-0.25, -0.2) is 0 Å². The van der Waals surface area contributed by atoms with Crippen LogP contribution in [-0.4, -0.2) is 54.2 Å². The Morgan fingerprint density at radius 3 is 2.05 bits per heavy atom. The molecule has 2 aliphatic rings. The lowest BCUT2D eigenvalue weighted by Crippen LogP contribution is -2.52. The predicted molar refractivity (Wildman–Crippen MR) is 84.1 cm³/mol. The van der Waals surface area contributed by atoms with E-state index in [0.717, 1.165) is 39.0 Å². The molecule has 2 rings (SSSR count). The fourth-order valence-electron chi connectivity index (χ4n) is 3.17. The van der Waals surface area contributed by atoms with Gasteiger partial charge in [0.15, 0.2) is 5.78 Å². The fourth-order valence-corrected chi connectivity index (χ4v) is 3.17. The Hall–Kier alpha value is -0.900. The monoisotopic (exact) mass is 294 g/mol. The van der Waals surface area contributed by atoms with Gasteiger partial charge in [-0.05, 0) is 12.8 Å². The van der Waals surface area contributed by atoms with Crippen molar-refractivity contribution in [2.45, 2.75) is 52.9 Å². The van der Waals surface area contributed by atoms with E-state index in [-0.39, 0.29) is 17.1 Å². The van der Waals surface area contributed by atoms with Crippen LogP contribution in [0.1, 0.15) is 52.9 Å². The van der Waals surface area contributed by atoms with E-state index in [4.69, 9.17) is 0 Å². The minimum Gasteiger partial charge on any atom is -0.340 e. The van der Waals surface area contributed by atoms with Crippen LogP contribution in [0.15, 0.2) is 0 Å². The van der Waals surface area contributed by atoms with E-state index in [1.54, 1.807) is 0 Å². The van der Waals surface area contributed by atoms with Crippen molar-refractivity contribution in [3.8, 4) is 0 Å². The van der Waals surface area contributed by atoms with Crippen molar-refractivity contribution in [2.75, 3.05) is 32.7 Å². The number of amides is 1. The Morgan fingerprint density at radius 2 is 1.52 bits per heavy atom. The lowest BCUT2D eigenvalue weighted by Gasteiger charge is -2.37. The molecule has 4 heteroatoms. The summed E-state index contributed by atoms with van der Waals surface area (Å²) in [4.78, 5) is 28.8. The molecule has 4 nitrogen and oxygen atoms in total. The number of ketones is 1. The molecule has 0 N–H and O–H groups in total. The number of carbonyl (C=O) groups is 2. The molecule has 0 aromatic carbocycles. The Bertz CT molecular complexity index is 373. The standard InChI is InChI=1S/C17H30N2O2/c1-17(2,3)15(20)13-18-9-11-19(12-10-18)16(21)14-7-5-4-6-8-14/h14H,4-13H2,1-3H3. The summed E-state index contributed by atoms with van der Waals surface area (Å²) < 4.78 is 0. The maximum atomic E-state index is 12.5. The van der Waals surface area contributed by atoms with Crippen molar-refractivity contribution in [2.24, 2.45) is 11.3 Å². The SMILES string of the molecule is CC(C)(C)C(=O)CN1CCN(C(=O)C2CCCCC2)CC1. The van der Waals surface area contributed by atoms with Crippen molar-refractivity contribution in [1.29, 1.82) is 0 Å². The van der Waals surface area contributed by atoms with Crippen molar-refractivity contribution in [3.05, 3.63) is 0 Å². The number of hydrogen-bond acceptors (Lipinski definition) is 3. The molecule has 1 saturated carbocycles. The van der Waals surface area contributed by atoms with E-state index in [1.807, 2.05) is 25.7 Å². The van der Waals surface area contributed by atoms with Gasteiger partial charge in [-0.1, -0.05) is 40.0 Å². The second-order valence-corrected chi connectivity index (χ2v) is 7.61. The highest BCUT2D eigenvalue weighted by atomic mass is 16.2. The maximum Gasteiger partial charge on any atom is 0.225 e. The van der Waals surface area contributed by atoms with Crippen LogP contribution in [0.25, 0.3) is 0 Å². The van der Waals surface area contributed by atoms with Gasteiger partial charge in [-0.15, -0.1) is 0 Å². The average molecular weight is 294 g/mol. The number of hydrogen-bond donors (Lipinski definition) is 0. The van der Waals surface area contributed by atoms with Gasteiger partial charge < -0.3 is 4.90 Å². The summed E-state index contributed by atoms with van der Waals surface area (Å²) in [6.45, 7) is 9.67. The fraction of sp³-hybridized carbons (Fsp3) is 0.882. The minimum atomic E-state index is -0.269. The number of nitrogens with zero attached hydrogens (tertiary/aromatic N) is 2. The zero-order valence-corrected chi connectivity index (χ0v) is 13.9. The molecule has 1 saturated heterocycles. The van der Waals surface area contributed by atoms with Crippen molar-refractivity contribution in [3.63, 3.8) is 0 Å². The Balaban J connectivity index is 1.77. The van der Waals surface area contributed by atoms with Crippen LogP contribution in [0.2, 0.25) is 0 Å². The van der Waals surface area contributed by atoms with Gasteiger partial charge in [0.25, 0.3) is 0 Å². The van der Waals surface area contributed by atoms with Crippen molar-refractivity contribution in [1.82, 2.24) is 9.80 Å². The second-order valence-electron chi connectivity index (χ2n) is 7.61. The zero-order chi connectivity index (χ0) is 15.5. The van der Waals surface area contributed by atoms with Crippen molar-refractivity contribution < 1.29 is 9.59 Å². The predicted octanol–water partition coefficient (Wildman–Crippen LogP) is 2.33. The van der Waals surface area contributed by atoms with E-state index < -0.39 is 0 Å². The molecule has 120 valence electrons. The summed E-state index contributed by atoms with van der Waals surface area (Å²) in [6.07, 6.45) is 5.84. The van der Waals surface area contributed by atoms with E-state index in [9.17, 15) is 9.59 Å². The highest BCUT2D eigenvalue weighted by Gasteiger charge is 2.30. The largest absolute Gasteiger partial charge is 0.340 e. The van der Waals surface area contributed by atoms with Crippen molar-refractivity contribution >= 4 is 11.7 Å². The molecular weight excluding hydrogens is 264 g/mol. The summed E-state index contributed by atoms with van der Waals surface area (Å²) in [6, 6.07) is 0. The minimum absolute atomic E-state index is 0.265. The van der Waals surface area contributed by atoms with Crippen LogP contribution in [0, 0.1) is 11.3 Å². The first-order chi connectivity index (χ1) is 9.88. The third-order valence-electron chi connectivity index (χ3n) is 4.84. The number of Topliss-reactive ketones (excluding diaryl/α,β-unsaturated/α-hetero) is 1. The smallest absolute Gasteiger partial charge is 0.225 e. The molecule has 21 heavy (non-hydrogen) atoms. The Morgan fingerprint density at radius 1 is 0.952 bits per heavy atom. The lowest BCUT2D eigenvalue weighted by molar-refractivity contribution is -0.138. The molecule has 0 unspecified atom stereocenters. The summed E-state index contributed by atoms with van der Waals surface area (Å²) >= 11 is 0. The average Bonchev–Trinajstić information content (AvgIpc) is 2.47. The maximum absolute atomic E-state index is 12.5. The first-order valence-electron chi connectivity index (χ1n) is 8.42. The van der Waals surface area contributed by atoms with Crippen LogP contribution in [0.5, 0.6) is 0 Å². The topological polar surface area (TPSA) is 40.6 Å². The molecule has 0 bridgehead atoms. The summed E-state index contributed by atoms with van der Waals surface area (Å²) in [5.74, 6) is 0.910.